The Morgan fingerprint density at radius 1 is 1.55 bits per heavy atom. The molecule has 5 N–H and O–H groups in total. The van der Waals surface area contributed by atoms with Crippen molar-refractivity contribution in [1.29, 1.82) is 0 Å². The molecule has 0 amide bonds. The molecule has 0 aliphatic carbocycles. The van der Waals surface area contributed by atoms with Crippen LogP contribution in [0.2, 0.25) is 0 Å². The average Bonchev–Trinajstić information content (AvgIpc) is 2.73. The smallest absolute Gasteiger partial charge is 0.389 e. The lowest BCUT2D eigenvalue weighted by molar-refractivity contribution is -0.134. The minimum atomic E-state index is -4.41. The SMILES string of the molecule is NC(=NO)c1cn[nH]c1NS(=O)(=O)CCCC(F)(F)F. The van der Waals surface area contributed by atoms with E-state index in [2.05, 4.69) is 15.4 Å². The van der Waals surface area contributed by atoms with Gasteiger partial charge in [-0.1, -0.05) is 5.16 Å². The highest BCUT2D eigenvalue weighted by Crippen LogP contribution is 2.22. The molecule has 0 unspecified atom stereocenters. The molecule has 0 atom stereocenters. The molecule has 8 nitrogen and oxygen atoms in total. The summed E-state index contributed by atoms with van der Waals surface area (Å²) in [5.41, 5.74) is 5.25. The second kappa shape index (κ2) is 5.98. The molecule has 1 aromatic rings. The highest BCUT2D eigenvalue weighted by atomic mass is 32.2. The zero-order valence-electron chi connectivity index (χ0n) is 9.98. The van der Waals surface area contributed by atoms with Crippen LogP contribution in [0.1, 0.15) is 18.4 Å². The van der Waals surface area contributed by atoms with Gasteiger partial charge in [0.1, 0.15) is 5.82 Å². The monoisotopic (exact) mass is 315 g/mol. The summed E-state index contributed by atoms with van der Waals surface area (Å²) in [4.78, 5) is 0. The molecule has 12 heteroatoms. The van der Waals surface area contributed by atoms with E-state index in [9.17, 15) is 21.6 Å². The first-order valence-corrected chi connectivity index (χ1v) is 6.88. The molecule has 0 aliphatic heterocycles. The Hall–Kier alpha value is -1.98. The lowest BCUT2D eigenvalue weighted by atomic mass is 10.3. The molecular weight excluding hydrogens is 303 g/mol. The molecule has 0 bridgehead atoms. The van der Waals surface area contributed by atoms with Gasteiger partial charge in [-0.25, -0.2) is 8.42 Å². The molecule has 1 rings (SSSR count). The molecule has 1 heterocycles. The van der Waals surface area contributed by atoms with Crippen molar-refractivity contribution in [2.24, 2.45) is 10.9 Å². The van der Waals surface area contributed by atoms with E-state index in [4.69, 9.17) is 10.9 Å². The molecule has 0 saturated carbocycles. The fraction of sp³-hybridized carbons (Fsp3) is 0.500. The van der Waals surface area contributed by atoms with Crippen molar-refractivity contribution in [3.8, 4) is 0 Å². The van der Waals surface area contributed by atoms with Crippen LogP contribution in [0.5, 0.6) is 0 Å². The van der Waals surface area contributed by atoms with Crippen molar-refractivity contribution >= 4 is 21.7 Å². The third-order valence-electron chi connectivity index (χ3n) is 2.15. The van der Waals surface area contributed by atoms with Crippen molar-refractivity contribution in [3.05, 3.63) is 11.8 Å². The van der Waals surface area contributed by atoms with Crippen molar-refractivity contribution < 1.29 is 26.8 Å². The van der Waals surface area contributed by atoms with Crippen molar-refractivity contribution in [2.45, 2.75) is 19.0 Å². The highest BCUT2D eigenvalue weighted by molar-refractivity contribution is 7.92. The van der Waals surface area contributed by atoms with Gasteiger partial charge in [0, 0.05) is 6.42 Å². The van der Waals surface area contributed by atoms with Crippen molar-refractivity contribution in [1.82, 2.24) is 10.2 Å². The van der Waals surface area contributed by atoms with E-state index in [1.807, 2.05) is 4.72 Å². The van der Waals surface area contributed by atoms with Crippen LogP contribution in [0.3, 0.4) is 0 Å². The minimum Gasteiger partial charge on any atom is -0.409 e. The first-order valence-electron chi connectivity index (χ1n) is 5.23. The third kappa shape index (κ3) is 4.95. The second-order valence-electron chi connectivity index (χ2n) is 3.78. The summed E-state index contributed by atoms with van der Waals surface area (Å²) in [6.07, 6.45) is -5.10. The van der Waals surface area contributed by atoms with E-state index in [1.54, 1.807) is 0 Å². The number of oxime groups is 1. The summed E-state index contributed by atoms with van der Waals surface area (Å²) in [5.74, 6) is -1.31. The van der Waals surface area contributed by atoms with Gasteiger partial charge in [-0.05, 0) is 6.42 Å². The van der Waals surface area contributed by atoms with Gasteiger partial charge in [0.2, 0.25) is 10.0 Å². The number of anilines is 1. The van der Waals surface area contributed by atoms with Gasteiger partial charge in [0.25, 0.3) is 0 Å². The molecule has 0 radical (unpaired) electrons. The van der Waals surface area contributed by atoms with Crippen LogP contribution >= 0.6 is 0 Å². The summed E-state index contributed by atoms with van der Waals surface area (Å²) in [6.45, 7) is 0. The Bertz CT molecular complexity index is 580. The number of amidine groups is 1. The van der Waals surface area contributed by atoms with Gasteiger partial charge in [0.15, 0.2) is 5.84 Å². The Morgan fingerprint density at radius 3 is 2.75 bits per heavy atom. The lowest BCUT2D eigenvalue weighted by Gasteiger charge is -2.09. The summed E-state index contributed by atoms with van der Waals surface area (Å²) in [6, 6.07) is 0. The highest BCUT2D eigenvalue weighted by Gasteiger charge is 2.27. The summed E-state index contributed by atoms with van der Waals surface area (Å²) >= 11 is 0. The van der Waals surface area contributed by atoms with E-state index in [-0.39, 0.29) is 11.4 Å². The van der Waals surface area contributed by atoms with E-state index >= 15 is 0 Å². The van der Waals surface area contributed by atoms with Gasteiger partial charge >= 0.3 is 6.18 Å². The Balaban J connectivity index is 2.70. The van der Waals surface area contributed by atoms with Crippen LogP contribution in [0.25, 0.3) is 0 Å². The van der Waals surface area contributed by atoms with Crippen molar-refractivity contribution in [3.63, 3.8) is 0 Å². The maximum absolute atomic E-state index is 11.9. The summed E-state index contributed by atoms with van der Waals surface area (Å²) < 4.78 is 60.9. The number of aromatic nitrogens is 2. The number of rotatable bonds is 6. The zero-order valence-corrected chi connectivity index (χ0v) is 10.8. The Kier molecular flexibility index (Phi) is 4.81. The Labute approximate surface area is 111 Å². The third-order valence-corrected chi connectivity index (χ3v) is 3.50. The molecule has 0 aliphatic rings. The van der Waals surface area contributed by atoms with Gasteiger partial charge < -0.3 is 10.9 Å². The van der Waals surface area contributed by atoms with E-state index in [0.29, 0.717) is 0 Å². The summed E-state index contributed by atoms with van der Waals surface area (Å²) in [5, 5.41) is 16.9. The maximum Gasteiger partial charge on any atom is 0.389 e. The van der Waals surface area contributed by atoms with E-state index < -0.39 is 40.6 Å². The molecular formula is C8H12F3N5O3S. The van der Waals surface area contributed by atoms with Gasteiger partial charge in [-0.2, -0.15) is 18.3 Å². The molecule has 114 valence electrons. The number of hydrogen-bond acceptors (Lipinski definition) is 5. The number of halogens is 3. The number of nitrogens with zero attached hydrogens (tertiary/aromatic N) is 2. The van der Waals surface area contributed by atoms with Crippen LogP contribution in [0.4, 0.5) is 19.0 Å². The van der Waals surface area contributed by atoms with E-state index in [0.717, 1.165) is 6.20 Å². The largest absolute Gasteiger partial charge is 0.409 e. The van der Waals surface area contributed by atoms with Crippen molar-refractivity contribution in [2.75, 3.05) is 10.5 Å². The van der Waals surface area contributed by atoms with Crippen LogP contribution < -0.4 is 10.5 Å². The van der Waals surface area contributed by atoms with Gasteiger partial charge in [-0.15, -0.1) is 0 Å². The predicted octanol–water partition coefficient (Wildman–Crippen LogP) is 0.588. The average molecular weight is 315 g/mol. The van der Waals surface area contributed by atoms with Gasteiger partial charge in [0.05, 0.1) is 17.5 Å². The molecule has 0 aromatic carbocycles. The second-order valence-corrected chi connectivity index (χ2v) is 5.63. The number of sulfonamides is 1. The molecule has 0 saturated heterocycles. The molecule has 20 heavy (non-hydrogen) atoms. The van der Waals surface area contributed by atoms with Crippen LogP contribution in [0.15, 0.2) is 11.4 Å². The quantitative estimate of drug-likeness (QED) is 0.264. The van der Waals surface area contributed by atoms with Crippen LogP contribution in [0, 0.1) is 0 Å². The Morgan fingerprint density at radius 2 is 2.20 bits per heavy atom. The molecule has 0 spiro atoms. The fourth-order valence-electron chi connectivity index (χ4n) is 1.28. The van der Waals surface area contributed by atoms with Gasteiger partial charge in [-0.3, -0.25) is 9.82 Å². The number of hydrogen-bond donors (Lipinski definition) is 4. The van der Waals surface area contributed by atoms with E-state index in [1.165, 1.54) is 0 Å². The fourth-order valence-corrected chi connectivity index (χ4v) is 2.37. The number of H-pyrrole nitrogens is 1. The predicted molar refractivity (Wildman–Crippen MR) is 63.8 cm³/mol. The lowest BCUT2D eigenvalue weighted by Crippen LogP contribution is -2.21. The first kappa shape index (κ1) is 16.1. The normalized spacial score (nSPS) is 13.4. The molecule has 0 fully saturated rings. The topological polar surface area (TPSA) is 133 Å². The van der Waals surface area contributed by atoms with Crippen LogP contribution in [-0.4, -0.2) is 41.6 Å². The number of nitrogens with two attached hydrogens (primary N) is 1. The minimum absolute atomic E-state index is 0.0214. The molecule has 1 aromatic heterocycles. The zero-order chi connectivity index (χ0) is 15.4. The number of aromatic amines is 1. The van der Waals surface area contributed by atoms with Crippen LogP contribution in [-0.2, 0) is 10.0 Å². The number of alkyl halides is 3. The summed E-state index contributed by atoms with van der Waals surface area (Å²) in [7, 11) is -4.00. The number of nitrogens with one attached hydrogen (secondary N) is 2. The standard InChI is InChI=1S/C8H12F3N5O3S/c9-8(10,11)2-1-3-20(18,19)16-7-5(4-13-14-7)6(12)15-17/h4,17H,1-3H2,(H2,12,15)(H2,13,14,16). The maximum atomic E-state index is 11.9. The first-order chi connectivity index (χ1) is 9.14.